The van der Waals surface area contributed by atoms with Crippen LogP contribution in [0.3, 0.4) is 0 Å². The number of aliphatic hydroxyl groups excluding tert-OH is 1. The number of benzene rings is 1. The van der Waals surface area contributed by atoms with Crippen molar-refractivity contribution in [2.24, 2.45) is 0 Å². The highest BCUT2D eigenvalue weighted by Gasteiger charge is 2.52. The van der Waals surface area contributed by atoms with Gasteiger partial charge in [0.2, 0.25) is 0 Å². The molecule has 0 unspecified atom stereocenters. The van der Waals surface area contributed by atoms with E-state index >= 15 is 0 Å². The fourth-order valence-electron chi connectivity index (χ4n) is 3.83. The monoisotopic (exact) mass is 665 g/mol. The fraction of sp³-hybridized carbons (Fsp3) is 0.524. The van der Waals surface area contributed by atoms with E-state index in [0.29, 0.717) is 24.3 Å². The van der Waals surface area contributed by atoms with E-state index in [-0.39, 0.29) is 15.3 Å². The first-order valence-electron chi connectivity index (χ1n) is 12.0. The Morgan fingerprint density at radius 2 is 1.93 bits per heavy atom. The number of nitrogens with zero attached hydrogens (tertiary/aromatic N) is 4. The van der Waals surface area contributed by atoms with Crippen molar-refractivity contribution in [3.63, 3.8) is 0 Å². The first-order valence-corrected chi connectivity index (χ1v) is 14.9. The average molecular weight is 666 g/mol. The molecule has 1 aliphatic heterocycles. The fourth-order valence-corrected chi connectivity index (χ4v) is 5.94. The number of hydrogen-bond acceptors (Lipinski definition) is 10. The molecule has 3 N–H and O–H groups in total. The Bertz CT molecular complexity index is 1550. The minimum absolute atomic E-state index is 0.0560. The summed E-state index contributed by atoms with van der Waals surface area (Å²) < 4.78 is 135. The summed E-state index contributed by atoms with van der Waals surface area (Å²) in [5.41, 5.74) is -4.30. The average Bonchev–Trinajstić information content (AvgIpc) is 3.35. The molecule has 0 aliphatic carbocycles. The van der Waals surface area contributed by atoms with Crippen LogP contribution in [0.1, 0.15) is 20.4 Å². The standard InChI is InChI=1S/C21H27F5N6O9S2/c1-20(2,21(24,25)26)32(19(34)35)12-4-5-15-14(8-12)31(10-13(41-15)9-28-43(38,39)27-3)42(36,37)16-11-30(18(22)23)29-17(16)40-7-6-33/h4-5,8,11,13,18,27-28,33H,6-7,9-10H2,1-3H3,(H,34,35)/p-1/t13-/m0/s1. The van der Waals surface area contributed by atoms with Gasteiger partial charge >= 0.3 is 12.7 Å². The van der Waals surface area contributed by atoms with Crippen LogP contribution in [0.5, 0.6) is 11.6 Å². The number of sulfonamides is 1. The van der Waals surface area contributed by atoms with Crippen molar-refractivity contribution in [2.75, 3.05) is 42.6 Å². The minimum Gasteiger partial charge on any atom is -0.530 e. The molecule has 0 saturated carbocycles. The Balaban J connectivity index is 2.22. The van der Waals surface area contributed by atoms with E-state index in [1.807, 2.05) is 4.72 Å². The quantitative estimate of drug-likeness (QED) is 0.263. The van der Waals surface area contributed by atoms with Gasteiger partial charge in [0.15, 0.2) is 4.90 Å². The number of carboxylic acid groups (broad SMARTS) is 1. The number of amides is 1. The van der Waals surface area contributed by atoms with E-state index in [1.54, 1.807) is 0 Å². The molecule has 0 spiro atoms. The summed E-state index contributed by atoms with van der Waals surface area (Å²) in [6, 6.07) is 2.55. The molecular weight excluding hydrogens is 639 g/mol. The highest BCUT2D eigenvalue weighted by atomic mass is 32.2. The van der Waals surface area contributed by atoms with Crippen molar-refractivity contribution in [3.8, 4) is 11.6 Å². The second-order valence-electron chi connectivity index (χ2n) is 9.27. The molecule has 2 heterocycles. The summed E-state index contributed by atoms with van der Waals surface area (Å²) in [6.07, 6.45) is -8.30. The maximum absolute atomic E-state index is 13.9. The molecule has 1 aliphatic rings. The van der Waals surface area contributed by atoms with E-state index in [1.165, 1.54) is 0 Å². The van der Waals surface area contributed by atoms with Crippen molar-refractivity contribution in [1.29, 1.82) is 0 Å². The third kappa shape index (κ3) is 7.03. The van der Waals surface area contributed by atoms with Crippen molar-refractivity contribution in [1.82, 2.24) is 19.2 Å². The lowest BCUT2D eigenvalue weighted by Gasteiger charge is -2.42. The predicted molar refractivity (Wildman–Crippen MR) is 135 cm³/mol. The van der Waals surface area contributed by atoms with Gasteiger partial charge in [-0.2, -0.15) is 35.1 Å². The van der Waals surface area contributed by atoms with Gasteiger partial charge in [0.05, 0.1) is 31.6 Å². The lowest BCUT2D eigenvalue weighted by atomic mass is 10.0. The van der Waals surface area contributed by atoms with E-state index in [9.17, 15) is 48.7 Å². The number of aromatic nitrogens is 2. The van der Waals surface area contributed by atoms with Crippen LogP contribution in [0.4, 0.5) is 38.1 Å². The molecule has 0 saturated heterocycles. The SMILES string of the molecule is CNS(=O)(=O)NC[C@H]1CN(S(=O)(=O)c2cn(C(F)F)nc2OCCO)c2cc(N(C(=O)[O-])C(C)(C)C(F)(F)F)ccc2O1. The highest BCUT2D eigenvalue weighted by molar-refractivity contribution is 7.93. The Labute approximate surface area is 242 Å². The van der Waals surface area contributed by atoms with Crippen LogP contribution < -0.4 is 33.2 Å². The zero-order valence-corrected chi connectivity index (χ0v) is 24.1. The molecule has 0 radical (unpaired) electrons. The first-order chi connectivity index (χ1) is 19.8. The molecule has 1 atom stereocenters. The first kappa shape index (κ1) is 34.0. The van der Waals surface area contributed by atoms with Crippen LogP contribution >= 0.6 is 0 Å². The molecular formula is C21H26F5N6O9S2-. The van der Waals surface area contributed by atoms with Crippen LogP contribution in [-0.4, -0.2) is 89.0 Å². The smallest absolute Gasteiger partial charge is 0.411 e. The summed E-state index contributed by atoms with van der Waals surface area (Å²) in [7, 11) is -8.01. The van der Waals surface area contributed by atoms with E-state index in [0.717, 1.165) is 25.2 Å². The summed E-state index contributed by atoms with van der Waals surface area (Å²) in [5, 5.41) is 24.3. The molecule has 43 heavy (non-hydrogen) atoms. The molecule has 3 rings (SSSR count). The maximum Gasteiger partial charge on any atom is 0.411 e. The molecule has 0 fully saturated rings. The molecule has 0 bridgehead atoms. The van der Waals surface area contributed by atoms with Gasteiger partial charge in [0.1, 0.15) is 30.1 Å². The molecule has 1 aromatic heterocycles. The largest absolute Gasteiger partial charge is 0.530 e. The number of aliphatic hydroxyl groups is 1. The number of alkyl halides is 5. The predicted octanol–water partition coefficient (Wildman–Crippen LogP) is 0.150. The Hall–Kier alpha value is -3.47. The van der Waals surface area contributed by atoms with Gasteiger partial charge in [0, 0.05) is 12.7 Å². The van der Waals surface area contributed by atoms with Crippen molar-refractivity contribution >= 4 is 37.7 Å². The zero-order chi connectivity index (χ0) is 32.5. The second-order valence-corrected chi connectivity index (χ2v) is 12.8. The number of anilines is 2. The summed E-state index contributed by atoms with van der Waals surface area (Å²) >= 11 is 0. The van der Waals surface area contributed by atoms with Gasteiger partial charge in [-0.1, -0.05) is 0 Å². The Morgan fingerprint density at radius 1 is 1.28 bits per heavy atom. The third-order valence-electron chi connectivity index (χ3n) is 6.10. The highest BCUT2D eigenvalue weighted by Crippen LogP contribution is 2.44. The number of fused-ring (bicyclic) bond motifs is 1. The van der Waals surface area contributed by atoms with Crippen molar-refractivity contribution < 1.29 is 63.3 Å². The second kappa shape index (κ2) is 12.3. The summed E-state index contributed by atoms with van der Waals surface area (Å²) in [4.78, 5) is 10.8. The van der Waals surface area contributed by atoms with Gasteiger partial charge in [-0.3, -0.25) is 4.31 Å². The lowest BCUT2D eigenvalue weighted by molar-refractivity contribution is -0.254. The number of nitrogens with one attached hydrogen (secondary N) is 2. The number of carbonyl (C=O) groups is 1. The van der Waals surface area contributed by atoms with E-state index in [4.69, 9.17) is 14.6 Å². The molecule has 22 heteroatoms. The molecule has 1 amide bonds. The van der Waals surface area contributed by atoms with Gasteiger partial charge in [-0.25, -0.2) is 17.8 Å². The molecule has 1 aromatic carbocycles. The van der Waals surface area contributed by atoms with Crippen LogP contribution in [0.2, 0.25) is 0 Å². The van der Waals surface area contributed by atoms with Crippen molar-refractivity contribution in [3.05, 3.63) is 24.4 Å². The number of carbonyl (C=O) groups excluding carboxylic acids is 1. The summed E-state index contributed by atoms with van der Waals surface area (Å²) in [5.74, 6) is -1.21. The van der Waals surface area contributed by atoms with E-state index < -0.39 is 99.1 Å². The van der Waals surface area contributed by atoms with Crippen LogP contribution in [0, 0.1) is 0 Å². The van der Waals surface area contributed by atoms with Gasteiger partial charge in [-0.15, -0.1) is 5.10 Å². The number of halogens is 5. The normalized spacial score (nSPS) is 16.1. The lowest BCUT2D eigenvalue weighted by Crippen LogP contribution is -2.60. The topological polar surface area (TPSA) is 195 Å². The van der Waals surface area contributed by atoms with Gasteiger partial charge in [-0.05, 0) is 32.0 Å². The molecule has 15 nitrogen and oxygen atoms in total. The van der Waals surface area contributed by atoms with Gasteiger partial charge in [0.25, 0.3) is 26.1 Å². The Kier molecular flexibility index (Phi) is 9.70. The van der Waals surface area contributed by atoms with Crippen LogP contribution in [-0.2, 0) is 20.2 Å². The number of rotatable bonds is 12. The number of hydrogen-bond donors (Lipinski definition) is 3. The summed E-state index contributed by atoms with van der Waals surface area (Å²) in [6.45, 7) is -4.78. The zero-order valence-electron chi connectivity index (χ0n) is 22.5. The maximum atomic E-state index is 13.9. The van der Waals surface area contributed by atoms with E-state index in [2.05, 4.69) is 9.82 Å². The minimum atomic E-state index is -5.12. The van der Waals surface area contributed by atoms with Gasteiger partial charge < -0.3 is 29.4 Å². The van der Waals surface area contributed by atoms with Crippen LogP contribution in [0.25, 0.3) is 0 Å². The van der Waals surface area contributed by atoms with Crippen molar-refractivity contribution in [2.45, 2.75) is 43.1 Å². The molecule has 2 aromatic rings. The third-order valence-corrected chi connectivity index (χ3v) is 8.95. The number of ether oxygens (including phenoxy) is 2. The Morgan fingerprint density at radius 3 is 2.47 bits per heavy atom. The molecule has 242 valence electrons. The van der Waals surface area contributed by atoms with Crippen LogP contribution in [0.15, 0.2) is 29.3 Å².